The van der Waals surface area contributed by atoms with E-state index in [1.807, 2.05) is 6.92 Å². The van der Waals surface area contributed by atoms with Gasteiger partial charge in [-0.15, -0.1) is 0 Å². The second-order valence-electron chi connectivity index (χ2n) is 4.95. The minimum Gasteiger partial charge on any atom is -0.326 e. The van der Waals surface area contributed by atoms with Crippen LogP contribution in [0.15, 0.2) is 29.2 Å². The molecule has 0 radical (unpaired) electrons. The van der Waals surface area contributed by atoms with Gasteiger partial charge < -0.3 is 5.73 Å². The van der Waals surface area contributed by atoms with Crippen molar-refractivity contribution < 1.29 is 8.42 Å². The van der Waals surface area contributed by atoms with Crippen molar-refractivity contribution in [3.8, 4) is 0 Å². The predicted molar refractivity (Wildman–Crippen MR) is 71.5 cm³/mol. The van der Waals surface area contributed by atoms with Gasteiger partial charge in [0.2, 0.25) is 10.0 Å². The van der Waals surface area contributed by atoms with Crippen LogP contribution in [0.3, 0.4) is 0 Å². The summed E-state index contributed by atoms with van der Waals surface area (Å²) < 4.78 is 27.0. The average molecular weight is 268 g/mol. The smallest absolute Gasteiger partial charge is 0.240 e. The summed E-state index contributed by atoms with van der Waals surface area (Å²) in [6.45, 7) is 2.36. The monoisotopic (exact) mass is 268 g/mol. The van der Waals surface area contributed by atoms with Gasteiger partial charge in [0.25, 0.3) is 0 Å². The van der Waals surface area contributed by atoms with Crippen LogP contribution in [0.1, 0.15) is 31.7 Å². The van der Waals surface area contributed by atoms with Gasteiger partial charge in [-0.2, -0.15) is 0 Å². The van der Waals surface area contributed by atoms with Crippen LogP contribution in [-0.2, 0) is 16.6 Å². The molecule has 1 aromatic carbocycles. The van der Waals surface area contributed by atoms with Gasteiger partial charge in [0.05, 0.1) is 4.90 Å². The Hall–Kier alpha value is -0.910. The molecule has 1 unspecified atom stereocenters. The van der Waals surface area contributed by atoms with Crippen molar-refractivity contribution in [2.75, 3.05) is 0 Å². The van der Waals surface area contributed by atoms with Crippen LogP contribution in [0.2, 0.25) is 0 Å². The van der Waals surface area contributed by atoms with E-state index in [9.17, 15) is 8.42 Å². The molecule has 0 aromatic heterocycles. The molecule has 1 atom stereocenters. The minimum absolute atomic E-state index is 0.0120. The van der Waals surface area contributed by atoms with Gasteiger partial charge in [-0.25, -0.2) is 13.1 Å². The molecule has 0 aliphatic heterocycles. The third-order valence-corrected chi connectivity index (χ3v) is 5.24. The van der Waals surface area contributed by atoms with Gasteiger partial charge in [-0.3, -0.25) is 0 Å². The first kappa shape index (κ1) is 13.5. The quantitative estimate of drug-likeness (QED) is 0.852. The molecule has 0 heterocycles. The Morgan fingerprint density at radius 2 is 1.94 bits per heavy atom. The molecule has 2 rings (SSSR count). The second kappa shape index (κ2) is 5.38. The lowest BCUT2D eigenvalue weighted by molar-refractivity contribution is 0.260. The number of nitrogens with one attached hydrogen (secondary N) is 1. The molecule has 100 valence electrons. The highest BCUT2D eigenvalue weighted by atomic mass is 32.2. The van der Waals surface area contributed by atoms with E-state index in [4.69, 9.17) is 5.73 Å². The zero-order valence-electron chi connectivity index (χ0n) is 10.6. The molecule has 0 bridgehead atoms. The van der Waals surface area contributed by atoms with E-state index >= 15 is 0 Å². The van der Waals surface area contributed by atoms with Gasteiger partial charge in [0.15, 0.2) is 0 Å². The number of nitrogens with two attached hydrogens (primary N) is 1. The van der Waals surface area contributed by atoms with Crippen LogP contribution in [0.4, 0.5) is 0 Å². The number of benzene rings is 1. The summed E-state index contributed by atoms with van der Waals surface area (Å²) in [6.07, 6.45) is 3.45. The van der Waals surface area contributed by atoms with E-state index in [1.165, 1.54) is 6.42 Å². The van der Waals surface area contributed by atoms with Crippen molar-refractivity contribution in [2.45, 2.75) is 43.7 Å². The SMILES string of the molecule is CC(NS(=O)(=O)c1ccc(CN)cc1)C1CCC1. The van der Waals surface area contributed by atoms with Gasteiger partial charge in [0.1, 0.15) is 0 Å². The second-order valence-corrected chi connectivity index (χ2v) is 6.66. The summed E-state index contributed by atoms with van der Waals surface area (Å²) in [5.41, 5.74) is 6.42. The Bertz CT molecular complexity index is 492. The van der Waals surface area contributed by atoms with Crippen LogP contribution >= 0.6 is 0 Å². The fraction of sp³-hybridized carbons (Fsp3) is 0.538. The van der Waals surface area contributed by atoms with Crippen LogP contribution in [0.5, 0.6) is 0 Å². The van der Waals surface area contributed by atoms with Crippen molar-refractivity contribution in [1.82, 2.24) is 4.72 Å². The molecule has 1 saturated carbocycles. The molecule has 18 heavy (non-hydrogen) atoms. The van der Waals surface area contributed by atoms with E-state index in [-0.39, 0.29) is 6.04 Å². The molecule has 1 aliphatic rings. The largest absolute Gasteiger partial charge is 0.326 e. The number of hydrogen-bond donors (Lipinski definition) is 2. The Morgan fingerprint density at radius 3 is 2.39 bits per heavy atom. The van der Waals surface area contributed by atoms with E-state index in [0.717, 1.165) is 18.4 Å². The number of rotatable bonds is 5. The van der Waals surface area contributed by atoms with E-state index in [1.54, 1.807) is 24.3 Å². The Morgan fingerprint density at radius 1 is 1.33 bits per heavy atom. The van der Waals surface area contributed by atoms with E-state index in [2.05, 4.69) is 4.72 Å². The fourth-order valence-electron chi connectivity index (χ4n) is 2.15. The van der Waals surface area contributed by atoms with E-state index < -0.39 is 10.0 Å². The third-order valence-electron chi connectivity index (χ3n) is 3.67. The molecule has 0 amide bonds. The number of sulfonamides is 1. The maximum absolute atomic E-state index is 12.1. The first-order valence-corrected chi connectivity index (χ1v) is 7.82. The summed E-state index contributed by atoms with van der Waals surface area (Å²) in [5, 5.41) is 0. The lowest BCUT2D eigenvalue weighted by atomic mass is 9.81. The molecule has 5 heteroatoms. The zero-order valence-corrected chi connectivity index (χ0v) is 11.4. The van der Waals surface area contributed by atoms with Crippen molar-refractivity contribution in [2.24, 2.45) is 11.7 Å². The fourth-order valence-corrected chi connectivity index (χ4v) is 3.47. The average Bonchev–Trinajstić information content (AvgIpc) is 2.26. The van der Waals surface area contributed by atoms with Crippen LogP contribution in [0.25, 0.3) is 0 Å². The predicted octanol–water partition coefficient (Wildman–Crippen LogP) is 1.61. The van der Waals surface area contributed by atoms with Gasteiger partial charge in [0, 0.05) is 12.6 Å². The Labute approximate surface area is 109 Å². The molecule has 1 aromatic rings. The molecular weight excluding hydrogens is 248 g/mol. The molecule has 1 fully saturated rings. The molecular formula is C13H20N2O2S. The standard InChI is InChI=1S/C13H20N2O2S/c1-10(12-3-2-4-12)15-18(16,17)13-7-5-11(9-14)6-8-13/h5-8,10,12,15H,2-4,9,14H2,1H3. The highest BCUT2D eigenvalue weighted by molar-refractivity contribution is 7.89. The Kier molecular flexibility index (Phi) is 4.04. The first-order valence-electron chi connectivity index (χ1n) is 6.34. The minimum atomic E-state index is -3.40. The summed E-state index contributed by atoms with van der Waals surface area (Å²) in [6, 6.07) is 6.74. The summed E-state index contributed by atoms with van der Waals surface area (Å²) in [7, 11) is -3.40. The summed E-state index contributed by atoms with van der Waals surface area (Å²) >= 11 is 0. The Balaban J connectivity index is 2.08. The first-order chi connectivity index (χ1) is 8.53. The van der Waals surface area contributed by atoms with Gasteiger partial charge >= 0.3 is 0 Å². The molecule has 3 N–H and O–H groups in total. The maximum atomic E-state index is 12.1. The van der Waals surface area contributed by atoms with Crippen molar-refractivity contribution >= 4 is 10.0 Å². The summed E-state index contributed by atoms with van der Waals surface area (Å²) in [4.78, 5) is 0.311. The van der Waals surface area contributed by atoms with E-state index in [0.29, 0.717) is 17.4 Å². The lowest BCUT2D eigenvalue weighted by Gasteiger charge is -2.31. The van der Waals surface area contributed by atoms with Gasteiger partial charge in [-0.05, 0) is 43.4 Å². The van der Waals surface area contributed by atoms with Crippen LogP contribution < -0.4 is 10.5 Å². The molecule has 1 aliphatic carbocycles. The molecule has 0 saturated heterocycles. The summed E-state index contributed by atoms with van der Waals surface area (Å²) in [5.74, 6) is 0.489. The van der Waals surface area contributed by atoms with Crippen molar-refractivity contribution in [1.29, 1.82) is 0 Å². The highest BCUT2D eigenvalue weighted by Gasteiger charge is 2.27. The zero-order chi connectivity index (χ0) is 13.2. The number of hydrogen-bond acceptors (Lipinski definition) is 3. The van der Waals surface area contributed by atoms with Crippen molar-refractivity contribution in [3.63, 3.8) is 0 Å². The van der Waals surface area contributed by atoms with Crippen molar-refractivity contribution in [3.05, 3.63) is 29.8 Å². The third kappa shape index (κ3) is 2.91. The maximum Gasteiger partial charge on any atom is 0.240 e. The van der Waals surface area contributed by atoms with Crippen LogP contribution in [0, 0.1) is 5.92 Å². The normalized spacial score (nSPS) is 18.3. The molecule has 4 nitrogen and oxygen atoms in total. The topological polar surface area (TPSA) is 72.2 Å². The molecule has 0 spiro atoms. The van der Waals surface area contributed by atoms with Crippen LogP contribution in [-0.4, -0.2) is 14.5 Å². The highest BCUT2D eigenvalue weighted by Crippen LogP contribution is 2.30. The lowest BCUT2D eigenvalue weighted by Crippen LogP contribution is -2.40. The van der Waals surface area contributed by atoms with Gasteiger partial charge in [-0.1, -0.05) is 18.6 Å².